The molecular weight excluding hydrogens is 152 g/mol. The molecule has 0 aromatic heterocycles. The normalized spacial score (nSPS) is 80.0. The first-order valence-electron chi connectivity index (χ1n) is 5.24. The fourth-order valence-electron chi connectivity index (χ4n) is 4.58. The molecule has 2 nitrogen and oxygen atoms in total. The van der Waals surface area contributed by atoms with Crippen LogP contribution in [0.15, 0.2) is 0 Å². The number of ether oxygens (including phenoxy) is 2. The second-order valence-electron chi connectivity index (χ2n) is 5.24. The lowest BCUT2D eigenvalue weighted by molar-refractivity contribution is 0.162. The molecule has 5 fully saturated rings. The zero-order chi connectivity index (χ0) is 7.45. The Morgan fingerprint density at radius 1 is 0.750 bits per heavy atom. The molecule has 64 valence electrons. The Hall–Kier alpha value is -0.0800. The zero-order valence-corrected chi connectivity index (χ0v) is 6.85. The highest BCUT2D eigenvalue weighted by atomic mass is 16.6. The van der Waals surface area contributed by atoms with Crippen molar-refractivity contribution in [1.82, 2.24) is 0 Å². The number of hydrogen-bond donors (Lipinski definition) is 0. The molecule has 3 aliphatic carbocycles. The lowest BCUT2D eigenvalue weighted by atomic mass is 9.81. The van der Waals surface area contributed by atoms with Crippen LogP contribution in [0.5, 0.6) is 0 Å². The van der Waals surface area contributed by atoms with Crippen LogP contribution in [-0.4, -0.2) is 24.4 Å². The Labute approximate surface area is 71.2 Å². The van der Waals surface area contributed by atoms with Crippen LogP contribution >= 0.6 is 0 Å². The summed E-state index contributed by atoms with van der Waals surface area (Å²) in [5.74, 6) is 3.77. The standard InChI is InChI=1S/C10H12O2/c1-4-3-2-6-10(11-6)7(3)5(1)9-8(4)12-9/h3-10H,1-2H2/t3-,4-,5+,6+,7+,8+,9-,10-/m1/s1. The third-order valence-electron chi connectivity index (χ3n) is 4.99. The molecule has 0 aromatic rings. The molecule has 2 bridgehead atoms. The van der Waals surface area contributed by atoms with Gasteiger partial charge in [-0.05, 0) is 36.5 Å². The van der Waals surface area contributed by atoms with E-state index in [2.05, 4.69) is 0 Å². The zero-order valence-electron chi connectivity index (χ0n) is 6.85. The maximum Gasteiger partial charge on any atom is 0.0876 e. The highest BCUT2D eigenvalue weighted by molar-refractivity contribution is 5.21. The van der Waals surface area contributed by atoms with Crippen molar-refractivity contribution in [2.24, 2.45) is 23.7 Å². The van der Waals surface area contributed by atoms with Gasteiger partial charge >= 0.3 is 0 Å². The van der Waals surface area contributed by atoms with Crippen molar-refractivity contribution in [2.75, 3.05) is 0 Å². The maximum atomic E-state index is 5.69. The molecule has 5 rings (SSSR count). The molecule has 0 unspecified atom stereocenters. The van der Waals surface area contributed by atoms with E-state index in [0.717, 1.165) is 23.7 Å². The lowest BCUT2D eigenvalue weighted by Crippen LogP contribution is -2.27. The molecule has 0 amide bonds. The van der Waals surface area contributed by atoms with Gasteiger partial charge in [0.25, 0.3) is 0 Å². The summed E-state index contributed by atoms with van der Waals surface area (Å²) in [4.78, 5) is 0. The summed E-state index contributed by atoms with van der Waals surface area (Å²) in [7, 11) is 0. The second-order valence-corrected chi connectivity index (χ2v) is 5.24. The predicted octanol–water partition coefficient (Wildman–Crippen LogP) is 0.807. The van der Waals surface area contributed by atoms with Gasteiger partial charge in [0.1, 0.15) is 0 Å². The summed E-state index contributed by atoms with van der Waals surface area (Å²) in [5.41, 5.74) is 0. The van der Waals surface area contributed by atoms with E-state index in [1.54, 1.807) is 0 Å². The minimum Gasteiger partial charge on any atom is -0.369 e. The molecule has 0 N–H and O–H groups in total. The summed E-state index contributed by atoms with van der Waals surface area (Å²) >= 11 is 0. The lowest BCUT2D eigenvalue weighted by Gasteiger charge is -2.22. The van der Waals surface area contributed by atoms with Gasteiger partial charge in [0.2, 0.25) is 0 Å². The minimum absolute atomic E-state index is 0.676. The van der Waals surface area contributed by atoms with Crippen molar-refractivity contribution in [3.63, 3.8) is 0 Å². The molecule has 2 aliphatic heterocycles. The first kappa shape index (κ1) is 5.61. The molecule has 0 radical (unpaired) electrons. The summed E-state index contributed by atoms with van der Waals surface area (Å²) in [6.07, 6.45) is 5.58. The van der Waals surface area contributed by atoms with E-state index in [1.165, 1.54) is 12.8 Å². The van der Waals surface area contributed by atoms with Gasteiger partial charge in [-0.1, -0.05) is 0 Å². The minimum atomic E-state index is 0.676. The van der Waals surface area contributed by atoms with Crippen LogP contribution in [0.1, 0.15) is 12.8 Å². The Bertz CT molecular complexity index is 273. The molecule has 0 spiro atoms. The van der Waals surface area contributed by atoms with Gasteiger partial charge < -0.3 is 9.47 Å². The van der Waals surface area contributed by atoms with Crippen molar-refractivity contribution < 1.29 is 9.47 Å². The van der Waals surface area contributed by atoms with Gasteiger partial charge in [0, 0.05) is 0 Å². The number of rotatable bonds is 0. The molecule has 12 heavy (non-hydrogen) atoms. The van der Waals surface area contributed by atoms with Crippen molar-refractivity contribution in [2.45, 2.75) is 37.3 Å². The van der Waals surface area contributed by atoms with Gasteiger partial charge in [-0.15, -0.1) is 0 Å². The highest BCUT2D eigenvalue weighted by Crippen LogP contribution is 2.69. The van der Waals surface area contributed by atoms with E-state index < -0.39 is 0 Å². The van der Waals surface area contributed by atoms with Gasteiger partial charge in [-0.2, -0.15) is 0 Å². The topological polar surface area (TPSA) is 25.1 Å². The van der Waals surface area contributed by atoms with E-state index in [9.17, 15) is 0 Å². The summed E-state index contributed by atoms with van der Waals surface area (Å²) in [6, 6.07) is 0. The van der Waals surface area contributed by atoms with Crippen LogP contribution in [-0.2, 0) is 9.47 Å². The van der Waals surface area contributed by atoms with Crippen molar-refractivity contribution in [3.8, 4) is 0 Å². The molecule has 5 aliphatic rings. The number of epoxide rings is 2. The fourth-order valence-corrected chi connectivity index (χ4v) is 4.58. The first-order chi connectivity index (χ1) is 5.93. The summed E-state index contributed by atoms with van der Waals surface area (Å²) < 4.78 is 11.3. The SMILES string of the molecule is C1[C@@H]2[C@H]3C[C@@H]4O[C@H]4[C@@H]3[C@H]1[C@H]1O[C@@H]21. The largest absolute Gasteiger partial charge is 0.369 e. The quantitative estimate of drug-likeness (QED) is 0.495. The monoisotopic (exact) mass is 164 g/mol. The van der Waals surface area contributed by atoms with Crippen molar-refractivity contribution in [1.29, 1.82) is 0 Å². The first-order valence-corrected chi connectivity index (χ1v) is 5.24. The van der Waals surface area contributed by atoms with Crippen LogP contribution in [0.4, 0.5) is 0 Å². The molecular formula is C10H12O2. The summed E-state index contributed by atoms with van der Waals surface area (Å²) in [6.45, 7) is 0. The maximum absolute atomic E-state index is 5.69. The Morgan fingerprint density at radius 3 is 2.67 bits per heavy atom. The Morgan fingerprint density at radius 2 is 1.67 bits per heavy atom. The van der Waals surface area contributed by atoms with Crippen LogP contribution in [0.2, 0.25) is 0 Å². The second kappa shape index (κ2) is 1.38. The van der Waals surface area contributed by atoms with E-state index >= 15 is 0 Å². The van der Waals surface area contributed by atoms with E-state index in [1.807, 2.05) is 0 Å². The smallest absolute Gasteiger partial charge is 0.0876 e. The van der Waals surface area contributed by atoms with Crippen LogP contribution in [0.3, 0.4) is 0 Å². The van der Waals surface area contributed by atoms with Crippen molar-refractivity contribution >= 4 is 0 Å². The molecule has 8 atom stereocenters. The fraction of sp³-hybridized carbons (Fsp3) is 1.00. The average molecular weight is 164 g/mol. The van der Waals surface area contributed by atoms with Gasteiger partial charge in [-0.3, -0.25) is 0 Å². The van der Waals surface area contributed by atoms with Crippen molar-refractivity contribution in [3.05, 3.63) is 0 Å². The molecule has 0 aromatic carbocycles. The summed E-state index contributed by atoms with van der Waals surface area (Å²) in [5, 5.41) is 0. The molecule has 2 heterocycles. The van der Waals surface area contributed by atoms with E-state index in [4.69, 9.17) is 9.47 Å². The van der Waals surface area contributed by atoms with Crippen LogP contribution in [0, 0.1) is 23.7 Å². The Balaban J connectivity index is 1.66. The molecule has 3 saturated carbocycles. The number of fused-ring (bicyclic) bond motifs is 10. The molecule has 2 saturated heterocycles. The number of hydrogen-bond acceptors (Lipinski definition) is 2. The third kappa shape index (κ3) is 0.409. The van der Waals surface area contributed by atoms with Gasteiger partial charge in [0.05, 0.1) is 24.4 Å². The van der Waals surface area contributed by atoms with E-state index in [0.29, 0.717) is 24.4 Å². The van der Waals surface area contributed by atoms with Crippen LogP contribution in [0.25, 0.3) is 0 Å². The molecule has 2 heteroatoms. The van der Waals surface area contributed by atoms with E-state index in [-0.39, 0.29) is 0 Å². The average Bonchev–Trinajstić information content (AvgIpc) is 2.92. The Kier molecular flexibility index (Phi) is 0.644. The van der Waals surface area contributed by atoms with Gasteiger partial charge in [0.15, 0.2) is 0 Å². The van der Waals surface area contributed by atoms with Gasteiger partial charge in [-0.25, -0.2) is 0 Å². The predicted molar refractivity (Wildman–Crippen MR) is 40.5 cm³/mol. The van der Waals surface area contributed by atoms with Crippen LogP contribution < -0.4 is 0 Å². The highest BCUT2D eigenvalue weighted by Gasteiger charge is 2.74. The third-order valence-corrected chi connectivity index (χ3v) is 4.99.